The van der Waals surface area contributed by atoms with Crippen LogP contribution in [0.1, 0.15) is 42.8 Å². The highest BCUT2D eigenvalue weighted by Gasteiger charge is 2.27. The summed E-state index contributed by atoms with van der Waals surface area (Å²) in [6.45, 7) is 5.98. The lowest BCUT2D eigenvalue weighted by Crippen LogP contribution is -2.34. The lowest BCUT2D eigenvalue weighted by Gasteiger charge is -2.33. The molecule has 3 heterocycles. The van der Waals surface area contributed by atoms with E-state index in [1.807, 2.05) is 23.7 Å². The first kappa shape index (κ1) is 19.2. The van der Waals surface area contributed by atoms with E-state index in [1.54, 1.807) is 6.07 Å². The normalized spacial score (nSPS) is 15.4. The number of hydrogen-bond acceptors (Lipinski definition) is 4. The lowest BCUT2D eigenvalue weighted by molar-refractivity contribution is 0.489. The number of nitrogens with zero attached hydrogens (tertiary/aromatic N) is 4. The first-order chi connectivity index (χ1) is 13.5. The number of imidazole rings is 1. The molecule has 148 valence electrons. The SMILES string of the molecule is CCc1[nH]c(N)nc1C1CCN(c2cc(C)nn2-c2ccc(Cl)cc2Cl)CC1. The molecule has 3 aromatic rings. The third-order valence-electron chi connectivity index (χ3n) is 5.34. The second-order valence-corrected chi connectivity index (χ2v) is 8.10. The second kappa shape index (κ2) is 7.68. The molecule has 0 saturated carbocycles. The number of piperidine rings is 1. The summed E-state index contributed by atoms with van der Waals surface area (Å²) in [5.41, 5.74) is 9.96. The van der Waals surface area contributed by atoms with Crippen molar-refractivity contribution in [1.82, 2.24) is 19.7 Å². The van der Waals surface area contributed by atoms with Crippen LogP contribution in [0.2, 0.25) is 10.0 Å². The second-order valence-electron chi connectivity index (χ2n) is 7.25. The largest absolute Gasteiger partial charge is 0.369 e. The van der Waals surface area contributed by atoms with E-state index in [2.05, 4.69) is 33.0 Å². The standard InChI is InChI=1S/C20H24Cl2N6/c1-3-16-19(25-20(23)24-16)13-6-8-27(9-7-13)18-10-12(2)26-28(18)17-5-4-14(21)11-15(17)22/h4-5,10-11,13H,3,6-9H2,1-2H3,(H3,23,24,25). The van der Waals surface area contributed by atoms with Crippen molar-refractivity contribution in [3.63, 3.8) is 0 Å². The first-order valence-electron chi connectivity index (χ1n) is 9.57. The Kier molecular flexibility index (Phi) is 5.25. The van der Waals surface area contributed by atoms with E-state index < -0.39 is 0 Å². The zero-order valence-corrected chi connectivity index (χ0v) is 17.6. The molecule has 1 aliphatic heterocycles. The Bertz CT molecular complexity index is 985. The molecule has 0 bridgehead atoms. The van der Waals surface area contributed by atoms with E-state index in [4.69, 9.17) is 28.9 Å². The Morgan fingerprint density at radius 1 is 1.21 bits per heavy atom. The number of aromatic amines is 1. The number of nitrogens with two attached hydrogens (primary N) is 1. The molecule has 0 unspecified atom stereocenters. The minimum atomic E-state index is 0.427. The van der Waals surface area contributed by atoms with Gasteiger partial charge in [0.15, 0.2) is 5.95 Å². The highest BCUT2D eigenvalue weighted by atomic mass is 35.5. The van der Waals surface area contributed by atoms with Gasteiger partial charge >= 0.3 is 0 Å². The molecule has 0 aliphatic carbocycles. The zero-order chi connectivity index (χ0) is 19.8. The Labute approximate surface area is 174 Å². The summed E-state index contributed by atoms with van der Waals surface area (Å²) in [4.78, 5) is 10.1. The van der Waals surface area contributed by atoms with Gasteiger partial charge in [0, 0.05) is 35.8 Å². The Balaban J connectivity index is 1.57. The number of benzene rings is 1. The van der Waals surface area contributed by atoms with Crippen LogP contribution in [-0.2, 0) is 6.42 Å². The van der Waals surface area contributed by atoms with Crippen molar-refractivity contribution in [2.24, 2.45) is 0 Å². The van der Waals surface area contributed by atoms with Crippen LogP contribution in [0.5, 0.6) is 0 Å². The number of hydrogen-bond donors (Lipinski definition) is 2. The molecule has 3 N–H and O–H groups in total. The van der Waals surface area contributed by atoms with E-state index in [0.717, 1.165) is 60.9 Å². The molecule has 0 spiro atoms. The molecule has 1 aliphatic rings. The summed E-state index contributed by atoms with van der Waals surface area (Å²) in [7, 11) is 0. The molecule has 8 heteroatoms. The van der Waals surface area contributed by atoms with Gasteiger partial charge in [-0.2, -0.15) is 5.10 Å². The zero-order valence-electron chi connectivity index (χ0n) is 16.0. The van der Waals surface area contributed by atoms with E-state index in [0.29, 0.717) is 21.9 Å². The van der Waals surface area contributed by atoms with Crippen LogP contribution in [0.15, 0.2) is 24.3 Å². The molecule has 1 saturated heterocycles. The van der Waals surface area contributed by atoms with Crippen molar-refractivity contribution in [3.8, 4) is 5.69 Å². The first-order valence-corrected chi connectivity index (χ1v) is 10.3. The summed E-state index contributed by atoms with van der Waals surface area (Å²) in [5.74, 6) is 1.99. The Morgan fingerprint density at radius 2 is 1.96 bits per heavy atom. The van der Waals surface area contributed by atoms with Crippen molar-refractivity contribution >= 4 is 35.0 Å². The number of aryl methyl sites for hydroxylation is 2. The Hall–Kier alpha value is -2.18. The van der Waals surface area contributed by atoms with Gasteiger partial charge in [-0.15, -0.1) is 0 Å². The number of halogens is 2. The van der Waals surface area contributed by atoms with Gasteiger partial charge in [0.1, 0.15) is 5.82 Å². The van der Waals surface area contributed by atoms with Crippen LogP contribution in [0.25, 0.3) is 5.69 Å². The van der Waals surface area contributed by atoms with Gasteiger partial charge in [-0.25, -0.2) is 9.67 Å². The molecule has 4 rings (SSSR count). The van der Waals surface area contributed by atoms with Gasteiger partial charge in [-0.05, 0) is 44.4 Å². The van der Waals surface area contributed by atoms with Crippen LogP contribution in [0, 0.1) is 6.92 Å². The van der Waals surface area contributed by atoms with Crippen molar-refractivity contribution in [2.45, 2.75) is 39.0 Å². The molecule has 1 fully saturated rings. The van der Waals surface area contributed by atoms with Crippen LogP contribution in [0.3, 0.4) is 0 Å². The maximum absolute atomic E-state index is 6.44. The summed E-state index contributed by atoms with van der Waals surface area (Å²) in [5, 5.41) is 5.87. The van der Waals surface area contributed by atoms with Gasteiger partial charge in [0.2, 0.25) is 0 Å². The van der Waals surface area contributed by atoms with E-state index in [-0.39, 0.29) is 0 Å². The maximum Gasteiger partial charge on any atom is 0.197 e. The van der Waals surface area contributed by atoms with Crippen molar-refractivity contribution in [2.75, 3.05) is 23.7 Å². The number of anilines is 2. The average Bonchev–Trinajstić information content (AvgIpc) is 3.24. The fourth-order valence-corrected chi connectivity index (χ4v) is 4.46. The number of aromatic nitrogens is 4. The van der Waals surface area contributed by atoms with E-state index in [1.165, 1.54) is 0 Å². The van der Waals surface area contributed by atoms with Gasteiger partial charge in [-0.3, -0.25) is 0 Å². The van der Waals surface area contributed by atoms with Crippen LogP contribution in [0.4, 0.5) is 11.8 Å². The monoisotopic (exact) mass is 418 g/mol. The highest BCUT2D eigenvalue weighted by molar-refractivity contribution is 6.35. The predicted molar refractivity (Wildman–Crippen MR) is 115 cm³/mol. The summed E-state index contributed by atoms with van der Waals surface area (Å²) in [6.07, 6.45) is 2.96. The maximum atomic E-state index is 6.44. The van der Waals surface area contributed by atoms with Gasteiger partial charge < -0.3 is 15.6 Å². The molecule has 2 aromatic heterocycles. The summed E-state index contributed by atoms with van der Waals surface area (Å²) in [6, 6.07) is 7.60. The minimum absolute atomic E-state index is 0.427. The number of rotatable bonds is 4. The minimum Gasteiger partial charge on any atom is -0.369 e. The number of H-pyrrole nitrogens is 1. The van der Waals surface area contributed by atoms with Gasteiger partial charge in [0.25, 0.3) is 0 Å². The van der Waals surface area contributed by atoms with E-state index >= 15 is 0 Å². The topological polar surface area (TPSA) is 75.8 Å². The molecule has 0 radical (unpaired) electrons. The van der Waals surface area contributed by atoms with Gasteiger partial charge in [0.05, 0.1) is 22.1 Å². The average molecular weight is 419 g/mol. The summed E-state index contributed by atoms with van der Waals surface area (Å²) >= 11 is 12.5. The predicted octanol–water partition coefficient (Wildman–Crippen LogP) is 4.74. The van der Waals surface area contributed by atoms with E-state index in [9.17, 15) is 0 Å². The number of nitrogen functional groups attached to an aromatic ring is 1. The molecular weight excluding hydrogens is 395 g/mol. The van der Waals surface area contributed by atoms with Crippen LogP contribution < -0.4 is 10.6 Å². The third kappa shape index (κ3) is 3.59. The fourth-order valence-electron chi connectivity index (χ4n) is 3.97. The Morgan fingerprint density at radius 3 is 2.64 bits per heavy atom. The van der Waals surface area contributed by atoms with Gasteiger partial charge in [-0.1, -0.05) is 30.1 Å². The number of nitrogens with one attached hydrogen (secondary N) is 1. The highest BCUT2D eigenvalue weighted by Crippen LogP contribution is 2.34. The fraction of sp³-hybridized carbons (Fsp3) is 0.400. The quantitative estimate of drug-likeness (QED) is 0.641. The lowest BCUT2D eigenvalue weighted by atomic mass is 9.92. The van der Waals surface area contributed by atoms with Crippen LogP contribution >= 0.6 is 23.2 Å². The molecule has 1 aromatic carbocycles. The smallest absolute Gasteiger partial charge is 0.197 e. The third-order valence-corrected chi connectivity index (χ3v) is 5.88. The molecule has 0 amide bonds. The van der Waals surface area contributed by atoms with Crippen molar-refractivity contribution in [1.29, 1.82) is 0 Å². The molecule has 28 heavy (non-hydrogen) atoms. The summed E-state index contributed by atoms with van der Waals surface area (Å²) < 4.78 is 1.92. The molecule has 6 nitrogen and oxygen atoms in total. The van der Waals surface area contributed by atoms with Crippen molar-refractivity contribution in [3.05, 3.63) is 51.4 Å². The molecule has 0 atom stereocenters. The van der Waals surface area contributed by atoms with Crippen molar-refractivity contribution < 1.29 is 0 Å². The molecular formula is C20H24Cl2N6. The van der Waals surface area contributed by atoms with Crippen LogP contribution in [-0.4, -0.2) is 32.8 Å².